The summed E-state index contributed by atoms with van der Waals surface area (Å²) in [5.74, 6) is -2.12. The van der Waals surface area contributed by atoms with Crippen LogP contribution in [0, 0.1) is 5.82 Å². The van der Waals surface area contributed by atoms with Crippen molar-refractivity contribution in [2.45, 2.75) is 0 Å². The predicted molar refractivity (Wildman–Crippen MR) is 74.3 cm³/mol. The van der Waals surface area contributed by atoms with Crippen LogP contribution in [-0.4, -0.2) is 11.1 Å². The minimum atomic E-state index is -1.41. The van der Waals surface area contributed by atoms with E-state index in [2.05, 4.69) is 0 Å². The van der Waals surface area contributed by atoms with Gasteiger partial charge in [0, 0.05) is 16.1 Å². The molecule has 4 nitrogen and oxygen atoms in total. The van der Waals surface area contributed by atoms with Gasteiger partial charge in [0.05, 0.1) is 11.3 Å². The van der Waals surface area contributed by atoms with Crippen molar-refractivity contribution in [3.8, 4) is 11.5 Å². The van der Waals surface area contributed by atoms with E-state index in [1.807, 2.05) is 0 Å². The molecular weight excluding hydrogens is 308 g/mol. The van der Waals surface area contributed by atoms with E-state index < -0.39 is 17.3 Å². The number of hydrogen-bond donors (Lipinski definition) is 2. The second-order valence-electron chi connectivity index (χ2n) is 3.88. The van der Waals surface area contributed by atoms with E-state index in [-0.39, 0.29) is 17.2 Å². The molecule has 0 aliphatic carbocycles. The van der Waals surface area contributed by atoms with E-state index in [1.165, 1.54) is 18.2 Å². The van der Waals surface area contributed by atoms with Gasteiger partial charge >= 0.3 is 5.97 Å². The summed E-state index contributed by atoms with van der Waals surface area (Å²) in [6.45, 7) is 0. The number of carboxylic acid groups (broad SMARTS) is 1. The highest BCUT2D eigenvalue weighted by molar-refractivity contribution is 6.34. The number of anilines is 1. The van der Waals surface area contributed by atoms with Crippen molar-refractivity contribution in [2.75, 3.05) is 5.73 Å². The van der Waals surface area contributed by atoms with Crippen LogP contribution in [0.25, 0.3) is 0 Å². The SMILES string of the molecule is Nc1cc(C(=O)O)c(F)cc1Oc1cc(Cl)cc(Cl)c1. The maximum absolute atomic E-state index is 13.6. The van der Waals surface area contributed by atoms with Gasteiger partial charge in [0.25, 0.3) is 0 Å². The molecule has 0 bridgehead atoms. The molecule has 2 aromatic rings. The molecule has 2 aromatic carbocycles. The van der Waals surface area contributed by atoms with E-state index in [0.29, 0.717) is 10.0 Å². The van der Waals surface area contributed by atoms with Crippen LogP contribution >= 0.6 is 23.2 Å². The Labute approximate surface area is 123 Å². The molecule has 0 saturated carbocycles. The third kappa shape index (κ3) is 3.12. The van der Waals surface area contributed by atoms with Gasteiger partial charge in [-0.15, -0.1) is 0 Å². The highest BCUT2D eigenvalue weighted by atomic mass is 35.5. The monoisotopic (exact) mass is 315 g/mol. The number of rotatable bonds is 3. The lowest BCUT2D eigenvalue weighted by molar-refractivity contribution is 0.0692. The molecule has 0 saturated heterocycles. The van der Waals surface area contributed by atoms with E-state index in [1.54, 1.807) is 0 Å². The molecule has 0 fully saturated rings. The van der Waals surface area contributed by atoms with Crippen LogP contribution in [0.1, 0.15) is 10.4 Å². The molecule has 3 N–H and O–H groups in total. The molecule has 2 rings (SSSR count). The van der Waals surface area contributed by atoms with Crippen molar-refractivity contribution < 1.29 is 19.0 Å². The number of nitrogen functional groups attached to an aromatic ring is 1. The Morgan fingerprint density at radius 3 is 2.30 bits per heavy atom. The fraction of sp³-hybridized carbons (Fsp3) is 0. The Morgan fingerprint density at radius 1 is 1.15 bits per heavy atom. The molecule has 104 valence electrons. The normalized spacial score (nSPS) is 10.3. The minimum Gasteiger partial charge on any atom is -0.478 e. The molecule has 0 radical (unpaired) electrons. The number of halogens is 3. The number of hydrogen-bond acceptors (Lipinski definition) is 3. The topological polar surface area (TPSA) is 72.6 Å². The van der Waals surface area contributed by atoms with Gasteiger partial charge in [-0.25, -0.2) is 9.18 Å². The Hall–Kier alpha value is -1.98. The largest absolute Gasteiger partial charge is 0.478 e. The van der Waals surface area contributed by atoms with Gasteiger partial charge in [0.15, 0.2) is 5.75 Å². The number of aromatic carboxylic acids is 1. The number of ether oxygens (including phenoxy) is 1. The summed E-state index contributed by atoms with van der Waals surface area (Å²) < 4.78 is 18.9. The van der Waals surface area contributed by atoms with Crippen LogP contribution in [-0.2, 0) is 0 Å². The average Bonchev–Trinajstić information content (AvgIpc) is 2.31. The highest BCUT2D eigenvalue weighted by Gasteiger charge is 2.15. The summed E-state index contributed by atoms with van der Waals surface area (Å²) in [6.07, 6.45) is 0. The van der Waals surface area contributed by atoms with Crippen molar-refractivity contribution in [3.63, 3.8) is 0 Å². The summed E-state index contributed by atoms with van der Waals surface area (Å²) >= 11 is 11.6. The average molecular weight is 316 g/mol. The van der Waals surface area contributed by atoms with Gasteiger partial charge < -0.3 is 15.6 Å². The Kier molecular flexibility index (Phi) is 4.01. The molecule has 0 spiro atoms. The Balaban J connectivity index is 2.39. The second-order valence-corrected chi connectivity index (χ2v) is 4.76. The summed E-state index contributed by atoms with van der Waals surface area (Å²) in [6, 6.07) is 6.33. The molecular formula is C13H8Cl2FNO3. The van der Waals surface area contributed by atoms with Crippen LogP contribution in [0.2, 0.25) is 10.0 Å². The Morgan fingerprint density at radius 2 is 1.75 bits per heavy atom. The fourth-order valence-electron chi connectivity index (χ4n) is 1.54. The zero-order valence-corrected chi connectivity index (χ0v) is 11.4. The maximum atomic E-state index is 13.6. The standard InChI is InChI=1S/C13H8Cl2FNO3/c14-6-1-7(15)3-8(2-6)20-12-5-10(16)9(13(18)19)4-11(12)17/h1-5H,17H2,(H,18,19). The first kappa shape index (κ1) is 14.4. The summed E-state index contributed by atoms with van der Waals surface area (Å²) in [7, 11) is 0. The number of nitrogens with two attached hydrogens (primary N) is 1. The van der Waals surface area contributed by atoms with Crippen molar-refractivity contribution in [1.29, 1.82) is 0 Å². The maximum Gasteiger partial charge on any atom is 0.338 e. The predicted octanol–water partition coefficient (Wildman–Crippen LogP) is 4.21. The number of carboxylic acids is 1. The van der Waals surface area contributed by atoms with Gasteiger partial charge in [-0.05, 0) is 24.3 Å². The second kappa shape index (κ2) is 5.56. The Bertz CT molecular complexity index is 671. The third-order valence-corrected chi connectivity index (χ3v) is 2.83. The van der Waals surface area contributed by atoms with E-state index in [4.69, 9.17) is 38.8 Å². The van der Waals surface area contributed by atoms with Crippen molar-refractivity contribution in [2.24, 2.45) is 0 Å². The molecule has 0 amide bonds. The summed E-state index contributed by atoms with van der Waals surface area (Å²) in [5, 5.41) is 9.46. The lowest BCUT2D eigenvalue weighted by atomic mass is 10.1. The van der Waals surface area contributed by atoms with Gasteiger partial charge in [-0.2, -0.15) is 0 Å². The summed E-state index contributed by atoms with van der Waals surface area (Å²) in [4.78, 5) is 10.8. The van der Waals surface area contributed by atoms with Gasteiger partial charge in [0.1, 0.15) is 11.6 Å². The van der Waals surface area contributed by atoms with E-state index >= 15 is 0 Å². The first-order valence-electron chi connectivity index (χ1n) is 5.33. The molecule has 0 aliphatic rings. The van der Waals surface area contributed by atoms with E-state index in [0.717, 1.165) is 12.1 Å². The van der Waals surface area contributed by atoms with Crippen LogP contribution in [0.4, 0.5) is 10.1 Å². The lowest BCUT2D eigenvalue weighted by Gasteiger charge is -2.10. The molecule has 20 heavy (non-hydrogen) atoms. The quantitative estimate of drug-likeness (QED) is 0.832. The van der Waals surface area contributed by atoms with Crippen LogP contribution in [0.15, 0.2) is 30.3 Å². The molecule has 0 aromatic heterocycles. The zero-order chi connectivity index (χ0) is 14.9. The van der Waals surface area contributed by atoms with Crippen molar-refractivity contribution in [1.82, 2.24) is 0 Å². The zero-order valence-electron chi connectivity index (χ0n) is 9.86. The molecule has 7 heteroatoms. The van der Waals surface area contributed by atoms with Gasteiger partial charge in [-0.3, -0.25) is 0 Å². The van der Waals surface area contributed by atoms with Crippen LogP contribution < -0.4 is 10.5 Å². The van der Waals surface area contributed by atoms with E-state index in [9.17, 15) is 9.18 Å². The number of benzene rings is 2. The molecule has 0 atom stereocenters. The smallest absolute Gasteiger partial charge is 0.338 e. The molecule has 0 aliphatic heterocycles. The third-order valence-electron chi connectivity index (χ3n) is 2.39. The summed E-state index contributed by atoms with van der Waals surface area (Å²) in [5.41, 5.74) is 5.09. The fourth-order valence-corrected chi connectivity index (χ4v) is 2.04. The first-order chi connectivity index (χ1) is 9.36. The van der Waals surface area contributed by atoms with Crippen LogP contribution in [0.5, 0.6) is 11.5 Å². The highest BCUT2D eigenvalue weighted by Crippen LogP contribution is 2.32. The number of carbonyl (C=O) groups is 1. The van der Waals surface area contributed by atoms with Crippen molar-refractivity contribution in [3.05, 3.63) is 51.8 Å². The van der Waals surface area contributed by atoms with Gasteiger partial charge in [-0.1, -0.05) is 23.2 Å². The molecule has 0 heterocycles. The lowest BCUT2D eigenvalue weighted by Crippen LogP contribution is -2.03. The molecule has 0 unspecified atom stereocenters. The van der Waals surface area contributed by atoms with Crippen LogP contribution in [0.3, 0.4) is 0 Å². The minimum absolute atomic E-state index is 0.0140. The first-order valence-corrected chi connectivity index (χ1v) is 6.08. The van der Waals surface area contributed by atoms with Gasteiger partial charge in [0.2, 0.25) is 0 Å². The van der Waals surface area contributed by atoms with Crippen molar-refractivity contribution >= 4 is 34.9 Å².